The molecule has 34 heavy (non-hydrogen) atoms. The molecule has 5 rings (SSSR count). The van der Waals surface area contributed by atoms with Gasteiger partial charge >= 0.3 is 12.3 Å². The summed E-state index contributed by atoms with van der Waals surface area (Å²) >= 11 is 0. The summed E-state index contributed by atoms with van der Waals surface area (Å²) in [5.41, 5.74) is 2.48. The summed E-state index contributed by atoms with van der Waals surface area (Å²) in [6.07, 6.45) is -3.99. The predicted octanol–water partition coefficient (Wildman–Crippen LogP) is 3.20. The Bertz CT molecular complexity index is 1200. The molecular weight excluding hydrogens is 451 g/mol. The normalized spacial score (nSPS) is 18.9. The second-order valence-corrected chi connectivity index (χ2v) is 8.36. The standard InChI is InChI=1S/C22H22F3N7O2/c1-13-11-31(6-7-32(13)19-5-3-16(10-26-19)22(23,24)25)12-17-20(29-30-28-17)14-2-4-18-15(8-14)9-27-21(33)34-18/h2-5,8,10,13H,6-7,9,11-12H2,1H3,(H,27,33)(H,28,29,30)/t13-/m0/s1. The fourth-order valence-corrected chi connectivity index (χ4v) is 4.31. The van der Waals surface area contributed by atoms with Crippen molar-refractivity contribution in [3.05, 3.63) is 53.3 Å². The smallest absolute Gasteiger partial charge is 0.410 e. The van der Waals surface area contributed by atoms with E-state index in [4.69, 9.17) is 4.74 Å². The number of ether oxygens (including phenoxy) is 1. The van der Waals surface area contributed by atoms with Gasteiger partial charge in [-0.2, -0.15) is 28.6 Å². The zero-order valence-electron chi connectivity index (χ0n) is 18.3. The Labute approximate surface area is 192 Å². The third-order valence-corrected chi connectivity index (χ3v) is 6.03. The van der Waals surface area contributed by atoms with Crippen molar-refractivity contribution in [2.45, 2.75) is 32.2 Å². The Kier molecular flexibility index (Phi) is 5.60. The Morgan fingerprint density at radius 2 is 2.03 bits per heavy atom. The molecule has 0 bridgehead atoms. The van der Waals surface area contributed by atoms with Gasteiger partial charge in [0.05, 0.1) is 5.56 Å². The highest BCUT2D eigenvalue weighted by Crippen LogP contribution is 2.31. The number of alkyl halides is 3. The number of carbonyl (C=O) groups excluding carboxylic acids is 1. The summed E-state index contributed by atoms with van der Waals surface area (Å²) in [6.45, 7) is 4.99. The van der Waals surface area contributed by atoms with E-state index < -0.39 is 17.8 Å². The highest BCUT2D eigenvalue weighted by molar-refractivity contribution is 5.74. The van der Waals surface area contributed by atoms with E-state index in [9.17, 15) is 18.0 Å². The Morgan fingerprint density at radius 1 is 1.18 bits per heavy atom. The van der Waals surface area contributed by atoms with Crippen molar-refractivity contribution in [3.8, 4) is 17.0 Å². The molecule has 2 N–H and O–H groups in total. The molecule has 1 fully saturated rings. The number of anilines is 1. The zero-order valence-corrected chi connectivity index (χ0v) is 18.3. The van der Waals surface area contributed by atoms with Gasteiger partial charge in [0.1, 0.15) is 23.0 Å². The summed E-state index contributed by atoms with van der Waals surface area (Å²) in [7, 11) is 0. The van der Waals surface area contributed by atoms with Crippen molar-refractivity contribution in [3.63, 3.8) is 0 Å². The number of piperazine rings is 1. The van der Waals surface area contributed by atoms with Gasteiger partial charge in [-0.25, -0.2) is 9.78 Å². The van der Waals surface area contributed by atoms with Gasteiger partial charge in [-0.05, 0) is 37.3 Å². The number of fused-ring (bicyclic) bond motifs is 1. The number of nitrogens with zero attached hydrogens (tertiary/aromatic N) is 5. The van der Waals surface area contributed by atoms with Gasteiger partial charge < -0.3 is 15.0 Å². The third kappa shape index (κ3) is 4.40. The van der Waals surface area contributed by atoms with E-state index >= 15 is 0 Å². The maximum Gasteiger partial charge on any atom is 0.417 e. The van der Waals surface area contributed by atoms with Crippen molar-refractivity contribution in [2.24, 2.45) is 0 Å². The van der Waals surface area contributed by atoms with Crippen LogP contribution in [0.1, 0.15) is 23.7 Å². The first kappa shape index (κ1) is 22.1. The Balaban J connectivity index is 1.26. The maximum atomic E-state index is 12.8. The van der Waals surface area contributed by atoms with Gasteiger partial charge in [0.2, 0.25) is 0 Å². The molecule has 2 aliphatic rings. The van der Waals surface area contributed by atoms with Gasteiger partial charge in [-0.3, -0.25) is 4.90 Å². The van der Waals surface area contributed by atoms with Crippen LogP contribution in [0, 0.1) is 0 Å². The van der Waals surface area contributed by atoms with E-state index in [2.05, 4.69) is 30.6 Å². The number of hydrogen-bond acceptors (Lipinski definition) is 7. The van der Waals surface area contributed by atoms with Gasteiger partial charge in [0.25, 0.3) is 0 Å². The van der Waals surface area contributed by atoms with Gasteiger partial charge in [0, 0.05) is 56.1 Å². The van der Waals surface area contributed by atoms with Crippen LogP contribution in [0.2, 0.25) is 0 Å². The van der Waals surface area contributed by atoms with Crippen molar-refractivity contribution in [2.75, 3.05) is 24.5 Å². The monoisotopic (exact) mass is 473 g/mol. The van der Waals surface area contributed by atoms with Crippen LogP contribution in [0.15, 0.2) is 36.5 Å². The molecule has 0 aliphatic carbocycles. The molecule has 0 spiro atoms. The molecule has 2 aliphatic heterocycles. The van der Waals surface area contributed by atoms with E-state index in [1.165, 1.54) is 6.07 Å². The van der Waals surface area contributed by atoms with E-state index in [1.807, 2.05) is 24.0 Å². The fourth-order valence-electron chi connectivity index (χ4n) is 4.31. The summed E-state index contributed by atoms with van der Waals surface area (Å²) in [6, 6.07) is 8.06. The van der Waals surface area contributed by atoms with Crippen molar-refractivity contribution in [1.82, 2.24) is 30.6 Å². The van der Waals surface area contributed by atoms with Crippen molar-refractivity contribution >= 4 is 11.9 Å². The highest BCUT2D eigenvalue weighted by atomic mass is 19.4. The summed E-state index contributed by atoms with van der Waals surface area (Å²) in [4.78, 5) is 19.7. The molecule has 1 atom stereocenters. The number of hydrogen-bond donors (Lipinski definition) is 2. The summed E-state index contributed by atoms with van der Waals surface area (Å²) in [5, 5.41) is 14.0. The molecular formula is C22H22F3N7O2. The lowest BCUT2D eigenvalue weighted by Crippen LogP contribution is -2.52. The predicted molar refractivity (Wildman–Crippen MR) is 116 cm³/mol. The molecule has 12 heteroatoms. The summed E-state index contributed by atoms with van der Waals surface area (Å²) in [5.74, 6) is 1.06. The minimum Gasteiger partial charge on any atom is -0.410 e. The molecule has 1 aromatic carbocycles. The Morgan fingerprint density at radius 3 is 2.76 bits per heavy atom. The van der Waals surface area contributed by atoms with Crippen LogP contribution in [0.5, 0.6) is 5.75 Å². The number of carbonyl (C=O) groups is 1. The Hall–Kier alpha value is -3.67. The molecule has 9 nitrogen and oxygen atoms in total. The van der Waals surface area contributed by atoms with E-state index in [0.717, 1.165) is 34.8 Å². The fraction of sp³-hybridized carbons (Fsp3) is 0.364. The van der Waals surface area contributed by atoms with E-state index in [0.29, 0.717) is 44.3 Å². The second-order valence-electron chi connectivity index (χ2n) is 8.36. The highest BCUT2D eigenvalue weighted by Gasteiger charge is 2.32. The maximum absolute atomic E-state index is 12.8. The van der Waals surface area contributed by atoms with Gasteiger partial charge in [-0.15, -0.1) is 0 Å². The van der Waals surface area contributed by atoms with Crippen LogP contribution in [-0.2, 0) is 19.3 Å². The number of H-pyrrole nitrogens is 1. The van der Waals surface area contributed by atoms with E-state index in [-0.39, 0.29) is 6.04 Å². The van der Waals surface area contributed by atoms with Crippen LogP contribution in [0.25, 0.3) is 11.3 Å². The van der Waals surface area contributed by atoms with Crippen molar-refractivity contribution < 1.29 is 22.7 Å². The number of benzene rings is 1. The number of halogens is 3. The average molecular weight is 473 g/mol. The SMILES string of the molecule is C[C@H]1CN(Cc2n[nH]nc2-c2ccc3c(c2)CNC(=O)O3)CCN1c1ccc(C(F)(F)F)cn1. The number of aromatic nitrogens is 4. The van der Waals surface area contributed by atoms with E-state index in [1.54, 1.807) is 6.07 Å². The third-order valence-electron chi connectivity index (χ3n) is 6.03. The van der Waals surface area contributed by atoms with Crippen LogP contribution >= 0.6 is 0 Å². The molecule has 178 valence electrons. The average Bonchev–Trinajstić information content (AvgIpc) is 3.26. The number of amides is 1. The minimum absolute atomic E-state index is 0.0536. The van der Waals surface area contributed by atoms with Crippen molar-refractivity contribution in [1.29, 1.82) is 0 Å². The van der Waals surface area contributed by atoms with Gasteiger partial charge in [-0.1, -0.05) is 0 Å². The van der Waals surface area contributed by atoms with Crippen LogP contribution in [0.4, 0.5) is 23.8 Å². The number of nitrogens with one attached hydrogen (secondary N) is 2. The first-order valence-electron chi connectivity index (χ1n) is 10.8. The van der Waals surface area contributed by atoms with Crippen LogP contribution in [-0.4, -0.2) is 57.1 Å². The van der Waals surface area contributed by atoms with Crippen LogP contribution < -0.4 is 15.0 Å². The number of aromatic amines is 1. The van der Waals surface area contributed by atoms with Crippen LogP contribution in [0.3, 0.4) is 0 Å². The quantitative estimate of drug-likeness (QED) is 0.600. The largest absolute Gasteiger partial charge is 0.417 e. The molecule has 1 amide bonds. The second kappa shape index (κ2) is 8.60. The molecule has 2 aromatic heterocycles. The van der Waals surface area contributed by atoms with Gasteiger partial charge in [0.15, 0.2) is 0 Å². The first-order chi connectivity index (χ1) is 16.3. The molecule has 1 saturated heterocycles. The lowest BCUT2D eigenvalue weighted by Gasteiger charge is -2.40. The zero-order chi connectivity index (χ0) is 23.9. The summed E-state index contributed by atoms with van der Waals surface area (Å²) < 4.78 is 43.7. The molecule has 3 aromatic rings. The number of rotatable bonds is 4. The molecule has 0 radical (unpaired) electrons. The minimum atomic E-state index is -4.40. The lowest BCUT2D eigenvalue weighted by atomic mass is 10.0. The molecule has 0 unspecified atom stereocenters. The topological polar surface area (TPSA) is 99.3 Å². The molecule has 0 saturated carbocycles. The first-order valence-corrected chi connectivity index (χ1v) is 10.8. The molecule has 4 heterocycles. The number of pyridine rings is 1. The lowest BCUT2D eigenvalue weighted by molar-refractivity contribution is -0.137.